The van der Waals surface area contributed by atoms with E-state index in [-0.39, 0.29) is 0 Å². The van der Waals surface area contributed by atoms with E-state index in [0.29, 0.717) is 17.2 Å². The maximum Gasteiger partial charge on any atom is 0.341 e. The van der Waals surface area contributed by atoms with E-state index in [2.05, 4.69) is 10.00 Å². The van der Waals surface area contributed by atoms with Gasteiger partial charge in [0.15, 0.2) is 0 Å². The summed E-state index contributed by atoms with van der Waals surface area (Å²) in [7, 11) is 3.78. The molecule has 1 aromatic heterocycles. The third kappa shape index (κ3) is 2.91. The second kappa shape index (κ2) is 5.63. The number of hydrogen-bond acceptors (Lipinski definition) is 3. The molecule has 0 amide bonds. The fourth-order valence-corrected chi connectivity index (χ4v) is 3.18. The first-order valence-electron chi connectivity index (χ1n) is 6.98. The van der Waals surface area contributed by atoms with Gasteiger partial charge in [-0.25, -0.2) is 4.79 Å². The van der Waals surface area contributed by atoms with Crippen LogP contribution in [0.1, 0.15) is 48.2 Å². The number of hydrogen-bond donors (Lipinski definition) is 1. The Labute approximate surface area is 114 Å². The fourth-order valence-electron chi connectivity index (χ4n) is 3.18. The number of nitrogens with zero attached hydrogens (tertiary/aromatic N) is 3. The standard InChI is InChI=1S/C14H23N3O2/c1-10-12(14(18)19)13(17(3)15-10)16(2)9-11-7-5-4-6-8-11/h11H,4-9H2,1-3H3,(H,18,19). The van der Waals surface area contributed by atoms with Crippen LogP contribution >= 0.6 is 0 Å². The van der Waals surface area contributed by atoms with Crippen LogP contribution in [-0.2, 0) is 7.05 Å². The average Bonchev–Trinajstić information content (AvgIpc) is 2.65. The van der Waals surface area contributed by atoms with Crippen LogP contribution in [0.3, 0.4) is 0 Å². The van der Waals surface area contributed by atoms with Gasteiger partial charge in [0.05, 0.1) is 5.69 Å². The summed E-state index contributed by atoms with van der Waals surface area (Å²) in [4.78, 5) is 13.4. The molecule has 0 radical (unpaired) electrons. The molecule has 0 unspecified atom stereocenters. The van der Waals surface area contributed by atoms with Crippen LogP contribution in [0.5, 0.6) is 0 Å². The van der Waals surface area contributed by atoms with Crippen LogP contribution in [0.25, 0.3) is 0 Å². The van der Waals surface area contributed by atoms with Gasteiger partial charge in [-0.1, -0.05) is 19.3 Å². The van der Waals surface area contributed by atoms with Gasteiger partial charge >= 0.3 is 5.97 Å². The minimum Gasteiger partial charge on any atom is -0.477 e. The van der Waals surface area contributed by atoms with Crippen molar-refractivity contribution in [3.63, 3.8) is 0 Å². The minimum atomic E-state index is -0.893. The largest absolute Gasteiger partial charge is 0.477 e. The molecule has 1 saturated carbocycles. The van der Waals surface area contributed by atoms with E-state index >= 15 is 0 Å². The van der Waals surface area contributed by atoms with E-state index in [1.165, 1.54) is 32.1 Å². The van der Waals surface area contributed by atoms with Gasteiger partial charge in [0.2, 0.25) is 0 Å². The lowest BCUT2D eigenvalue weighted by atomic mass is 9.89. The molecule has 1 fully saturated rings. The summed E-state index contributed by atoms with van der Waals surface area (Å²) < 4.78 is 1.68. The predicted octanol–water partition coefficient (Wildman–Crippen LogP) is 2.44. The van der Waals surface area contributed by atoms with E-state index in [0.717, 1.165) is 12.4 Å². The first-order chi connectivity index (χ1) is 9.00. The van der Waals surface area contributed by atoms with Crippen molar-refractivity contribution >= 4 is 11.8 Å². The monoisotopic (exact) mass is 265 g/mol. The Balaban J connectivity index is 2.18. The Kier molecular flexibility index (Phi) is 4.12. The maximum atomic E-state index is 11.4. The number of anilines is 1. The zero-order valence-electron chi connectivity index (χ0n) is 12.0. The molecule has 1 heterocycles. The molecule has 0 bridgehead atoms. The molecule has 0 spiro atoms. The van der Waals surface area contributed by atoms with E-state index in [4.69, 9.17) is 0 Å². The van der Waals surface area contributed by atoms with Crippen LogP contribution in [0.4, 0.5) is 5.82 Å². The van der Waals surface area contributed by atoms with Crippen LogP contribution in [0.2, 0.25) is 0 Å². The highest BCUT2D eigenvalue weighted by Crippen LogP contribution is 2.28. The summed E-state index contributed by atoms with van der Waals surface area (Å²) in [5.74, 6) is 0.502. The van der Waals surface area contributed by atoms with Gasteiger partial charge in [0.1, 0.15) is 11.4 Å². The Morgan fingerprint density at radius 2 is 2.05 bits per heavy atom. The van der Waals surface area contributed by atoms with Crippen molar-refractivity contribution in [3.8, 4) is 0 Å². The Bertz CT molecular complexity index is 462. The molecule has 1 N–H and O–H groups in total. The molecule has 5 nitrogen and oxygen atoms in total. The maximum absolute atomic E-state index is 11.4. The van der Waals surface area contributed by atoms with Gasteiger partial charge in [-0.05, 0) is 25.7 Å². The second-order valence-electron chi connectivity index (χ2n) is 5.60. The van der Waals surface area contributed by atoms with Gasteiger partial charge in [-0.3, -0.25) is 4.68 Å². The molecule has 0 aliphatic heterocycles. The SMILES string of the molecule is Cc1nn(C)c(N(C)CC2CCCCC2)c1C(=O)O. The Morgan fingerprint density at radius 3 is 2.63 bits per heavy atom. The third-order valence-corrected chi connectivity index (χ3v) is 4.02. The lowest BCUT2D eigenvalue weighted by Crippen LogP contribution is -2.29. The van der Waals surface area contributed by atoms with Gasteiger partial charge < -0.3 is 10.0 Å². The molecular formula is C14H23N3O2. The van der Waals surface area contributed by atoms with Gasteiger partial charge in [0.25, 0.3) is 0 Å². The zero-order valence-corrected chi connectivity index (χ0v) is 12.0. The van der Waals surface area contributed by atoms with Crippen molar-refractivity contribution in [2.45, 2.75) is 39.0 Å². The quantitative estimate of drug-likeness (QED) is 0.908. The molecule has 2 rings (SSSR count). The highest BCUT2D eigenvalue weighted by Gasteiger charge is 2.24. The summed E-state index contributed by atoms with van der Waals surface area (Å²) in [6.45, 7) is 2.67. The lowest BCUT2D eigenvalue weighted by molar-refractivity contribution is 0.0696. The number of rotatable bonds is 4. The van der Waals surface area contributed by atoms with Crippen molar-refractivity contribution in [1.29, 1.82) is 0 Å². The lowest BCUT2D eigenvalue weighted by Gasteiger charge is -2.28. The first kappa shape index (κ1) is 13.9. The molecule has 0 saturated heterocycles. The number of carboxylic acids is 1. The average molecular weight is 265 g/mol. The molecule has 106 valence electrons. The van der Waals surface area contributed by atoms with Crippen LogP contribution in [0, 0.1) is 12.8 Å². The molecule has 5 heteroatoms. The topological polar surface area (TPSA) is 58.4 Å². The molecule has 19 heavy (non-hydrogen) atoms. The van der Waals surface area contributed by atoms with Gasteiger partial charge in [-0.15, -0.1) is 0 Å². The molecule has 0 atom stereocenters. The normalized spacial score (nSPS) is 16.6. The van der Waals surface area contributed by atoms with E-state index < -0.39 is 5.97 Å². The van der Waals surface area contributed by atoms with Crippen LogP contribution in [-0.4, -0.2) is 34.4 Å². The number of aromatic nitrogens is 2. The number of aryl methyl sites for hydroxylation is 2. The number of aromatic carboxylic acids is 1. The van der Waals surface area contributed by atoms with Crippen molar-refractivity contribution in [1.82, 2.24) is 9.78 Å². The van der Waals surface area contributed by atoms with Crippen LogP contribution in [0.15, 0.2) is 0 Å². The number of carboxylic acid groups (broad SMARTS) is 1. The van der Waals surface area contributed by atoms with Crippen molar-refractivity contribution in [2.24, 2.45) is 13.0 Å². The summed E-state index contributed by atoms with van der Waals surface area (Å²) in [5.41, 5.74) is 0.918. The molecule has 1 aliphatic rings. The fraction of sp³-hybridized carbons (Fsp3) is 0.714. The summed E-state index contributed by atoms with van der Waals surface area (Å²) in [6.07, 6.45) is 6.45. The Hall–Kier alpha value is -1.52. The minimum absolute atomic E-state index is 0.334. The van der Waals surface area contributed by atoms with Gasteiger partial charge in [0, 0.05) is 20.6 Å². The third-order valence-electron chi connectivity index (χ3n) is 4.02. The van der Waals surface area contributed by atoms with Crippen LogP contribution < -0.4 is 4.90 Å². The highest BCUT2D eigenvalue weighted by atomic mass is 16.4. The smallest absolute Gasteiger partial charge is 0.341 e. The molecular weight excluding hydrogens is 242 g/mol. The van der Waals surface area contributed by atoms with Gasteiger partial charge in [-0.2, -0.15) is 5.10 Å². The predicted molar refractivity (Wildman–Crippen MR) is 74.7 cm³/mol. The van der Waals surface area contributed by atoms with E-state index in [1.807, 2.05) is 14.1 Å². The summed E-state index contributed by atoms with van der Waals surface area (Å²) in [5, 5.41) is 13.6. The first-order valence-corrected chi connectivity index (χ1v) is 6.98. The second-order valence-corrected chi connectivity index (χ2v) is 5.60. The van der Waals surface area contributed by atoms with Crippen molar-refractivity contribution in [2.75, 3.05) is 18.5 Å². The molecule has 0 aromatic carbocycles. The number of carbonyl (C=O) groups is 1. The highest BCUT2D eigenvalue weighted by molar-refractivity contribution is 5.94. The Morgan fingerprint density at radius 1 is 1.42 bits per heavy atom. The zero-order chi connectivity index (χ0) is 14.0. The molecule has 1 aromatic rings. The van der Waals surface area contributed by atoms with E-state index in [1.54, 1.807) is 11.6 Å². The van der Waals surface area contributed by atoms with Crippen molar-refractivity contribution in [3.05, 3.63) is 11.3 Å². The summed E-state index contributed by atoms with van der Waals surface area (Å²) in [6, 6.07) is 0. The van der Waals surface area contributed by atoms with E-state index in [9.17, 15) is 9.90 Å². The summed E-state index contributed by atoms with van der Waals surface area (Å²) >= 11 is 0. The van der Waals surface area contributed by atoms with Crippen molar-refractivity contribution < 1.29 is 9.90 Å². The molecule has 1 aliphatic carbocycles.